The summed E-state index contributed by atoms with van der Waals surface area (Å²) in [4.78, 5) is 13.5. The third-order valence-electron chi connectivity index (χ3n) is 2.20. The molecule has 0 saturated heterocycles. The van der Waals surface area contributed by atoms with E-state index in [4.69, 9.17) is 23.8 Å². The first-order valence-corrected chi connectivity index (χ1v) is 5.25. The van der Waals surface area contributed by atoms with Crippen molar-refractivity contribution in [1.82, 2.24) is 4.90 Å². The SMILES string of the molecule is C#CCN(CC)C(=O)c1ccc(Cl)cc1N. The molecule has 16 heavy (non-hydrogen) atoms. The van der Waals surface area contributed by atoms with Crippen LogP contribution in [0.1, 0.15) is 17.3 Å². The van der Waals surface area contributed by atoms with E-state index in [1.165, 1.54) is 0 Å². The van der Waals surface area contributed by atoms with Gasteiger partial charge >= 0.3 is 0 Å². The van der Waals surface area contributed by atoms with Crippen LogP contribution in [-0.4, -0.2) is 23.9 Å². The molecule has 1 aromatic carbocycles. The Bertz CT molecular complexity index is 437. The Labute approximate surface area is 100 Å². The van der Waals surface area contributed by atoms with Gasteiger partial charge in [-0.2, -0.15) is 0 Å². The molecule has 0 bridgehead atoms. The van der Waals surface area contributed by atoms with Gasteiger partial charge in [0.2, 0.25) is 0 Å². The lowest BCUT2D eigenvalue weighted by Crippen LogP contribution is -2.31. The molecular formula is C12H13ClN2O. The maximum Gasteiger partial charge on any atom is 0.256 e. The number of hydrogen-bond acceptors (Lipinski definition) is 2. The smallest absolute Gasteiger partial charge is 0.256 e. The number of nitrogen functional groups attached to an aromatic ring is 1. The van der Waals surface area contributed by atoms with Crippen LogP contribution in [0.5, 0.6) is 0 Å². The molecule has 0 aromatic heterocycles. The van der Waals surface area contributed by atoms with Gasteiger partial charge in [0, 0.05) is 17.3 Å². The van der Waals surface area contributed by atoms with Crippen LogP contribution in [0.15, 0.2) is 18.2 Å². The number of halogens is 1. The van der Waals surface area contributed by atoms with Gasteiger partial charge in [-0.1, -0.05) is 17.5 Å². The van der Waals surface area contributed by atoms with Crippen molar-refractivity contribution in [3.63, 3.8) is 0 Å². The Hall–Kier alpha value is -1.66. The standard InChI is InChI=1S/C12H13ClN2O/c1-3-7-15(4-2)12(16)10-6-5-9(13)8-11(10)14/h1,5-6,8H,4,7,14H2,2H3. The molecule has 1 amide bonds. The summed E-state index contributed by atoms with van der Waals surface area (Å²) in [6.07, 6.45) is 5.19. The third kappa shape index (κ3) is 2.68. The minimum atomic E-state index is -0.172. The third-order valence-corrected chi connectivity index (χ3v) is 2.43. The quantitative estimate of drug-likeness (QED) is 0.645. The second-order valence-electron chi connectivity index (χ2n) is 3.26. The van der Waals surface area contributed by atoms with Crippen molar-refractivity contribution < 1.29 is 4.79 Å². The summed E-state index contributed by atoms with van der Waals surface area (Å²) in [6, 6.07) is 4.80. The molecule has 0 unspecified atom stereocenters. The van der Waals surface area contributed by atoms with Crippen molar-refractivity contribution >= 4 is 23.2 Å². The summed E-state index contributed by atoms with van der Waals surface area (Å²) in [6.45, 7) is 2.68. The van der Waals surface area contributed by atoms with Crippen LogP contribution in [0.4, 0.5) is 5.69 Å². The van der Waals surface area contributed by atoms with Gasteiger partial charge in [0.15, 0.2) is 0 Å². The van der Waals surface area contributed by atoms with Crippen molar-refractivity contribution in [3.8, 4) is 12.3 Å². The van der Waals surface area contributed by atoms with Crippen molar-refractivity contribution in [3.05, 3.63) is 28.8 Å². The maximum absolute atomic E-state index is 12.0. The molecule has 0 saturated carbocycles. The van der Waals surface area contributed by atoms with E-state index >= 15 is 0 Å². The lowest BCUT2D eigenvalue weighted by Gasteiger charge is -2.18. The molecule has 0 aliphatic heterocycles. The van der Waals surface area contributed by atoms with Crippen molar-refractivity contribution in [1.29, 1.82) is 0 Å². The summed E-state index contributed by atoms with van der Waals surface area (Å²) in [7, 11) is 0. The average molecular weight is 237 g/mol. The van der Waals surface area contributed by atoms with Crippen LogP contribution >= 0.6 is 11.6 Å². The first kappa shape index (κ1) is 12.4. The van der Waals surface area contributed by atoms with E-state index in [1.807, 2.05) is 6.92 Å². The fraction of sp³-hybridized carbons (Fsp3) is 0.250. The maximum atomic E-state index is 12.0. The van der Waals surface area contributed by atoms with Crippen LogP contribution in [0.2, 0.25) is 5.02 Å². The topological polar surface area (TPSA) is 46.3 Å². The van der Waals surface area contributed by atoms with E-state index in [0.29, 0.717) is 22.8 Å². The Morgan fingerprint density at radius 1 is 1.62 bits per heavy atom. The second kappa shape index (κ2) is 5.43. The monoisotopic (exact) mass is 236 g/mol. The summed E-state index contributed by atoms with van der Waals surface area (Å²) in [5.41, 5.74) is 6.53. The number of amides is 1. The highest BCUT2D eigenvalue weighted by Crippen LogP contribution is 2.19. The van der Waals surface area contributed by atoms with Crippen molar-refractivity contribution in [2.45, 2.75) is 6.92 Å². The number of terminal acetylenes is 1. The molecule has 3 nitrogen and oxygen atoms in total. The van der Waals surface area contributed by atoms with E-state index in [9.17, 15) is 4.79 Å². The van der Waals surface area contributed by atoms with E-state index < -0.39 is 0 Å². The van der Waals surface area contributed by atoms with Crippen molar-refractivity contribution in [2.24, 2.45) is 0 Å². The summed E-state index contributed by atoms with van der Waals surface area (Å²) in [5, 5.41) is 0.508. The summed E-state index contributed by atoms with van der Waals surface area (Å²) >= 11 is 5.76. The molecule has 0 fully saturated rings. The molecule has 2 N–H and O–H groups in total. The second-order valence-corrected chi connectivity index (χ2v) is 3.69. The highest BCUT2D eigenvalue weighted by atomic mass is 35.5. The van der Waals surface area contributed by atoms with Crippen LogP contribution in [0, 0.1) is 12.3 Å². The molecule has 0 aliphatic carbocycles. The molecule has 1 aromatic rings. The molecule has 0 spiro atoms. The summed E-state index contributed by atoms with van der Waals surface area (Å²) in [5.74, 6) is 2.27. The Morgan fingerprint density at radius 3 is 2.81 bits per heavy atom. The van der Waals surface area contributed by atoms with Gasteiger partial charge in [-0.15, -0.1) is 6.42 Å². The predicted molar refractivity (Wildman–Crippen MR) is 66.3 cm³/mol. The van der Waals surface area contributed by atoms with Gasteiger partial charge in [-0.25, -0.2) is 0 Å². The number of carbonyl (C=O) groups is 1. The highest BCUT2D eigenvalue weighted by molar-refractivity contribution is 6.31. The molecule has 1 rings (SSSR count). The van der Waals surface area contributed by atoms with E-state index in [1.54, 1.807) is 23.1 Å². The molecule has 0 atom stereocenters. The first-order valence-electron chi connectivity index (χ1n) is 4.88. The van der Waals surface area contributed by atoms with Gasteiger partial charge in [0.1, 0.15) is 0 Å². The number of anilines is 1. The Kier molecular flexibility index (Phi) is 4.21. The van der Waals surface area contributed by atoms with Gasteiger partial charge in [0.05, 0.1) is 12.1 Å². The molecule has 0 radical (unpaired) electrons. The normalized spacial score (nSPS) is 9.56. The largest absolute Gasteiger partial charge is 0.398 e. The Morgan fingerprint density at radius 2 is 2.31 bits per heavy atom. The van der Waals surface area contributed by atoms with Crippen LogP contribution in [-0.2, 0) is 0 Å². The number of rotatable bonds is 3. The fourth-order valence-corrected chi connectivity index (χ4v) is 1.52. The lowest BCUT2D eigenvalue weighted by atomic mass is 10.1. The minimum Gasteiger partial charge on any atom is -0.398 e. The van der Waals surface area contributed by atoms with Crippen LogP contribution < -0.4 is 5.73 Å². The average Bonchev–Trinajstić information content (AvgIpc) is 2.25. The number of hydrogen-bond donors (Lipinski definition) is 1. The van der Waals surface area contributed by atoms with Crippen LogP contribution in [0.3, 0.4) is 0 Å². The molecular weight excluding hydrogens is 224 g/mol. The Balaban J connectivity index is 3.00. The zero-order valence-electron chi connectivity index (χ0n) is 9.03. The molecule has 4 heteroatoms. The molecule has 84 valence electrons. The van der Waals surface area contributed by atoms with Gasteiger partial charge in [-0.3, -0.25) is 4.79 Å². The van der Waals surface area contributed by atoms with E-state index in [2.05, 4.69) is 5.92 Å². The highest BCUT2D eigenvalue weighted by Gasteiger charge is 2.15. The minimum absolute atomic E-state index is 0.172. The summed E-state index contributed by atoms with van der Waals surface area (Å²) < 4.78 is 0. The van der Waals surface area contributed by atoms with Gasteiger partial charge in [0.25, 0.3) is 5.91 Å². The molecule has 0 heterocycles. The lowest BCUT2D eigenvalue weighted by molar-refractivity contribution is 0.0786. The number of carbonyl (C=O) groups excluding carboxylic acids is 1. The van der Waals surface area contributed by atoms with Crippen molar-refractivity contribution in [2.75, 3.05) is 18.8 Å². The predicted octanol–water partition coefficient (Wildman–Crippen LogP) is 2.02. The number of nitrogens with zero attached hydrogens (tertiary/aromatic N) is 1. The first-order chi connectivity index (χ1) is 7.60. The number of benzene rings is 1. The van der Waals surface area contributed by atoms with Crippen LogP contribution in [0.25, 0.3) is 0 Å². The van der Waals surface area contributed by atoms with Gasteiger partial charge in [-0.05, 0) is 25.1 Å². The molecule has 0 aliphatic rings. The van der Waals surface area contributed by atoms with Gasteiger partial charge < -0.3 is 10.6 Å². The zero-order valence-corrected chi connectivity index (χ0v) is 9.79. The zero-order chi connectivity index (χ0) is 12.1. The fourth-order valence-electron chi connectivity index (χ4n) is 1.34. The van der Waals surface area contributed by atoms with E-state index in [0.717, 1.165) is 0 Å². The number of nitrogens with two attached hydrogens (primary N) is 1. The van der Waals surface area contributed by atoms with E-state index in [-0.39, 0.29) is 12.5 Å².